The van der Waals surface area contributed by atoms with Gasteiger partial charge in [-0.1, -0.05) is 43.7 Å². The minimum Gasteiger partial charge on any atom is -0.338 e. The van der Waals surface area contributed by atoms with Crippen LogP contribution in [0.5, 0.6) is 0 Å². The minimum atomic E-state index is 0.150. The highest BCUT2D eigenvalue weighted by molar-refractivity contribution is 7.12. The van der Waals surface area contributed by atoms with Gasteiger partial charge in [0.05, 0.1) is 4.88 Å². The molecule has 21 heavy (non-hydrogen) atoms. The molecule has 0 atom stereocenters. The maximum absolute atomic E-state index is 12.8. The number of rotatable bonds is 5. The van der Waals surface area contributed by atoms with E-state index < -0.39 is 0 Å². The molecule has 0 unspecified atom stereocenters. The Labute approximate surface area is 131 Å². The number of hydrogen-bond donors (Lipinski definition) is 0. The first kappa shape index (κ1) is 15.8. The molecule has 0 spiro atoms. The Kier molecular flexibility index (Phi) is 5.18. The molecule has 0 radical (unpaired) electrons. The van der Waals surface area contributed by atoms with Crippen molar-refractivity contribution in [2.45, 2.75) is 27.7 Å². The second-order valence-electron chi connectivity index (χ2n) is 5.77. The lowest BCUT2D eigenvalue weighted by Crippen LogP contribution is -2.33. The Morgan fingerprint density at radius 1 is 1.19 bits per heavy atom. The zero-order valence-electron chi connectivity index (χ0n) is 13.2. The third-order valence-electron chi connectivity index (χ3n) is 3.48. The molecule has 0 N–H and O–H groups in total. The van der Waals surface area contributed by atoms with Gasteiger partial charge in [0.15, 0.2) is 0 Å². The van der Waals surface area contributed by atoms with Crippen LogP contribution in [0.3, 0.4) is 0 Å². The van der Waals surface area contributed by atoms with E-state index in [2.05, 4.69) is 45.0 Å². The van der Waals surface area contributed by atoms with Gasteiger partial charge in [0.1, 0.15) is 0 Å². The van der Waals surface area contributed by atoms with Crippen molar-refractivity contribution in [2.24, 2.45) is 5.92 Å². The quantitative estimate of drug-likeness (QED) is 0.773. The fraction of sp³-hybridized carbons (Fsp3) is 0.389. The number of aryl methyl sites for hydroxylation is 1. The topological polar surface area (TPSA) is 20.3 Å². The molecule has 0 fully saturated rings. The van der Waals surface area contributed by atoms with Crippen molar-refractivity contribution in [1.29, 1.82) is 0 Å². The summed E-state index contributed by atoms with van der Waals surface area (Å²) >= 11 is 1.54. The Bertz CT molecular complexity index is 598. The molecule has 2 rings (SSSR count). The summed E-state index contributed by atoms with van der Waals surface area (Å²) in [5, 5.41) is 2.01. The fourth-order valence-corrected chi connectivity index (χ4v) is 3.26. The van der Waals surface area contributed by atoms with Crippen LogP contribution in [0.15, 0.2) is 35.7 Å². The van der Waals surface area contributed by atoms with Crippen LogP contribution < -0.4 is 0 Å². The smallest absolute Gasteiger partial charge is 0.264 e. The number of carbonyl (C=O) groups is 1. The molecular weight excluding hydrogens is 278 g/mol. The van der Waals surface area contributed by atoms with Gasteiger partial charge >= 0.3 is 0 Å². The predicted octanol–water partition coefficient (Wildman–Crippen LogP) is 4.84. The van der Waals surface area contributed by atoms with E-state index in [4.69, 9.17) is 0 Å². The molecule has 0 aliphatic heterocycles. The summed E-state index contributed by atoms with van der Waals surface area (Å²) in [5.74, 6) is 0.633. The fourth-order valence-electron chi connectivity index (χ4n) is 2.38. The highest BCUT2D eigenvalue weighted by Crippen LogP contribution is 2.29. The summed E-state index contributed by atoms with van der Waals surface area (Å²) in [5.41, 5.74) is 3.40. The lowest BCUT2D eigenvalue weighted by Gasteiger charge is -2.23. The molecule has 1 amide bonds. The monoisotopic (exact) mass is 301 g/mol. The third kappa shape index (κ3) is 3.73. The number of amides is 1. The second kappa shape index (κ2) is 6.90. The summed E-state index contributed by atoms with van der Waals surface area (Å²) in [4.78, 5) is 15.6. The predicted molar refractivity (Wildman–Crippen MR) is 90.9 cm³/mol. The third-order valence-corrected chi connectivity index (χ3v) is 4.38. The highest BCUT2D eigenvalue weighted by Gasteiger charge is 2.20. The van der Waals surface area contributed by atoms with Crippen molar-refractivity contribution in [3.8, 4) is 11.1 Å². The van der Waals surface area contributed by atoms with E-state index >= 15 is 0 Å². The van der Waals surface area contributed by atoms with E-state index in [-0.39, 0.29) is 5.91 Å². The molecule has 1 aromatic heterocycles. The van der Waals surface area contributed by atoms with Crippen molar-refractivity contribution in [2.75, 3.05) is 13.1 Å². The SMILES string of the molecule is CCN(CC(C)C)C(=O)c1sccc1-c1ccc(C)cc1. The first-order chi connectivity index (χ1) is 10.0. The number of benzene rings is 1. The van der Waals surface area contributed by atoms with E-state index in [1.807, 2.05) is 23.3 Å². The maximum Gasteiger partial charge on any atom is 0.264 e. The first-order valence-electron chi connectivity index (χ1n) is 7.46. The van der Waals surface area contributed by atoms with Crippen LogP contribution in [0.2, 0.25) is 0 Å². The van der Waals surface area contributed by atoms with Gasteiger partial charge in [-0.15, -0.1) is 11.3 Å². The molecule has 0 saturated carbocycles. The number of hydrogen-bond acceptors (Lipinski definition) is 2. The molecule has 0 bridgehead atoms. The zero-order valence-corrected chi connectivity index (χ0v) is 14.0. The number of nitrogens with zero attached hydrogens (tertiary/aromatic N) is 1. The average molecular weight is 301 g/mol. The summed E-state index contributed by atoms with van der Waals surface area (Å²) in [6, 6.07) is 10.4. The van der Waals surface area contributed by atoms with E-state index in [9.17, 15) is 4.79 Å². The van der Waals surface area contributed by atoms with Crippen LogP contribution in [-0.2, 0) is 0 Å². The summed E-state index contributed by atoms with van der Waals surface area (Å²) in [6.07, 6.45) is 0. The van der Waals surface area contributed by atoms with Gasteiger partial charge in [0, 0.05) is 18.7 Å². The molecule has 2 aromatic rings. The first-order valence-corrected chi connectivity index (χ1v) is 8.34. The van der Waals surface area contributed by atoms with Gasteiger partial charge in [-0.05, 0) is 36.8 Å². The molecule has 0 saturated heterocycles. The van der Waals surface area contributed by atoms with Gasteiger partial charge in [0.25, 0.3) is 5.91 Å². The van der Waals surface area contributed by atoms with Crippen molar-refractivity contribution in [3.63, 3.8) is 0 Å². The van der Waals surface area contributed by atoms with Gasteiger partial charge in [-0.25, -0.2) is 0 Å². The normalized spacial score (nSPS) is 10.9. The summed E-state index contributed by atoms with van der Waals surface area (Å²) in [6.45, 7) is 9.96. The van der Waals surface area contributed by atoms with Crippen LogP contribution >= 0.6 is 11.3 Å². The van der Waals surface area contributed by atoms with Gasteiger partial charge in [-0.2, -0.15) is 0 Å². The Balaban J connectivity index is 2.31. The van der Waals surface area contributed by atoms with Gasteiger partial charge in [-0.3, -0.25) is 4.79 Å². The molecule has 3 heteroatoms. The molecule has 2 nitrogen and oxygen atoms in total. The Morgan fingerprint density at radius 2 is 1.86 bits per heavy atom. The van der Waals surface area contributed by atoms with Crippen LogP contribution in [0.1, 0.15) is 36.0 Å². The van der Waals surface area contributed by atoms with Crippen LogP contribution in [0.4, 0.5) is 0 Å². The molecule has 1 aromatic carbocycles. The highest BCUT2D eigenvalue weighted by atomic mass is 32.1. The largest absolute Gasteiger partial charge is 0.338 e. The lowest BCUT2D eigenvalue weighted by molar-refractivity contribution is 0.0751. The van der Waals surface area contributed by atoms with Crippen molar-refractivity contribution in [3.05, 3.63) is 46.2 Å². The zero-order chi connectivity index (χ0) is 15.4. The van der Waals surface area contributed by atoms with Crippen LogP contribution in [0.25, 0.3) is 11.1 Å². The average Bonchev–Trinajstić information content (AvgIpc) is 2.94. The van der Waals surface area contributed by atoms with Crippen LogP contribution in [-0.4, -0.2) is 23.9 Å². The van der Waals surface area contributed by atoms with Gasteiger partial charge in [0.2, 0.25) is 0 Å². The van der Waals surface area contributed by atoms with Gasteiger partial charge < -0.3 is 4.90 Å². The molecule has 0 aliphatic rings. The van der Waals surface area contributed by atoms with Crippen molar-refractivity contribution >= 4 is 17.2 Å². The van der Waals surface area contributed by atoms with E-state index in [1.165, 1.54) is 16.9 Å². The Hall–Kier alpha value is -1.61. The molecule has 112 valence electrons. The van der Waals surface area contributed by atoms with Crippen molar-refractivity contribution < 1.29 is 4.79 Å². The standard InChI is InChI=1S/C18H23NOS/c1-5-19(12-13(2)3)18(20)17-16(10-11-21-17)15-8-6-14(4)7-9-15/h6-11,13H,5,12H2,1-4H3. The van der Waals surface area contributed by atoms with E-state index in [0.717, 1.165) is 29.1 Å². The number of carbonyl (C=O) groups excluding carboxylic acids is 1. The van der Waals surface area contributed by atoms with E-state index in [0.29, 0.717) is 5.92 Å². The Morgan fingerprint density at radius 3 is 2.43 bits per heavy atom. The second-order valence-corrected chi connectivity index (χ2v) is 6.68. The molecule has 0 aliphatic carbocycles. The number of thiophene rings is 1. The van der Waals surface area contributed by atoms with Crippen molar-refractivity contribution in [1.82, 2.24) is 4.90 Å². The molecule has 1 heterocycles. The minimum absolute atomic E-state index is 0.150. The van der Waals surface area contributed by atoms with Crippen LogP contribution in [0, 0.1) is 12.8 Å². The molecular formula is C18H23NOS. The summed E-state index contributed by atoms with van der Waals surface area (Å²) < 4.78 is 0. The van der Waals surface area contributed by atoms with E-state index in [1.54, 1.807) is 0 Å². The lowest BCUT2D eigenvalue weighted by atomic mass is 10.0. The maximum atomic E-state index is 12.8. The summed E-state index contributed by atoms with van der Waals surface area (Å²) in [7, 11) is 0.